The summed E-state index contributed by atoms with van der Waals surface area (Å²) in [5, 5.41) is 3.61. The number of hydrogen-bond donors (Lipinski definition) is 1. The molecule has 1 aliphatic heterocycles. The van der Waals surface area contributed by atoms with Gasteiger partial charge in [0.1, 0.15) is 0 Å². The summed E-state index contributed by atoms with van der Waals surface area (Å²) in [6.07, 6.45) is 5.71. The standard InChI is InChI=1S/C12H24N2/c1-4-6-8-14-10-12(7-5-2)13-9-11(14)3/h4,11-13H,1,5-10H2,2-3H3. The molecule has 82 valence electrons. The molecule has 0 spiro atoms. The van der Waals surface area contributed by atoms with Crippen molar-refractivity contribution in [3.8, 4) is 0 Å². The second-order valence-electron chi connectivity index (χ2n) is 4.32. The van der Waals surface area contributed by atoms with Gasteiger partial charge in [0, 0.05) is 31.7 Å². The van der Waals surface area contributed by atoms with Gasteiger partial charge in [-0.15, -0.1) is 6.58 Å². The molecule has 0 radical (unpaired) electrons. The molecular weight excluding hydrogens is 172 g/mol. The van der Waals surface area contributed by atoms with Crippen molar-refractivity contribution in [2.24, 2.45) is 0 Å². The van der Waals surface area contributed by atoms with Crippen molar-refractivity contribution in [3.05, 3.63) is 12.7 Å². The number of rotatable bonds is 5. The van der Waals surface area contributed by atoms with E-state index in [1.165, 1.54) is 25.9 Å². The maximum absolute atomic E-state index is 3.78. The third-order valence-corrected chi connectivity index (χ3v) is 3.04. The molecule has 1 N–H and O–H groups in total. The molecule has 0 aromatic rings. The Morgan fingerprint density at radius 2 is 2.36 bits per heavy atom. The van der Waals surface area contributed by atoms with E-state index in [-0.39, 0.29) is 0 Å². The SMILES string of the molecule is C=CCCN1CC(CCC)NCC1C. The average Bonchev–Trinajstić information content (AvgIpc) is 2.19. The summed E-state index contributed by atoms with van der Waals surface area (Å²) in [5.41, 5.74) is 0. The van der Waals surface area contributed by atoms with Crippen LogP contribution in [0.2, 0.25) is 0 Å². The Morgan fingerprint density at radius 3 is 3.00 bits per heavy atom. The molecule has 1 fully saturated rings. The van der Waals surface area contributed by atoms with Crippen LogP contribution in [0.3, 0.4) is 0 Å². The second-order valence-corrected chi connectivity index (χ2v) is 4.32. The van der Waals surface area contributed by atoms with E-state index in [0.717, 1.165) is 13.0 Å². The molecule has 1 saturated heterocycles. The topological polar surface area (TPSA) is 15.3 Å². The van der Waals surface area contributed by atoms with E-state index in [9.17, 15) is 0 Å². The number of hydrogen-bond acceptors (Lipinski definition) is 2. The molecule has 1 aliphatic rings. The predicted octanol–water partition coefficient (Wildman–Crippen LogP) is 2.02. The van der Waals surface area contributed by atoms with Gasteiger partial charge in [-0.3, -0.25) is 4.90 Å². The van der Waals surface area contributed by atoms with Crippen LogP contribution in [-0.2, 0) is 0 Å². The summed E-state index contributed by atoms with van der Waals surface area (Å²) in [6.45, 7) is 11.9. The van der Waals surface area contributed by atoms with Crippen LogP contribution in [0.5, 0.6) is 0 Å². The third-order valence-electron chi connectivity index (χ3n) is 3.04. The van der Waals surface area contributed by atoms with Crippen molar-refractivity contribution in [1.82, 2.24) is 10.2 Å². The summed E-state index contributed by atoms with van der Waals surface area (Å²) in [7, 11) is 0. The average molecular weight is 196 g/mol. The summed E-state index contributed by atoms with van der Waals surface area (Å²) in [4.78, 5) is 2.58. The fourth-order valence-corrected chi connectivity index (χ4v) is 2.10. The van der Waals surface area contributed by atoms with Crippen LogP contribution >= 0.6 is 0 Å². The van der Waals surface area contributed by atoms with Crippen molar-refractivity contribution >= 4 is 0 Å². The predicted molar refractivity (Wildman–Crippen MR) is 62.5 cm³/mol. The molecular formula is C12H24N2. The molecule has 2 heteroatoms. The monoisotopic (exact) mass is 196 g/mol. The van der Waals surface area contributed by atoms with Crippen LogP contribution in [0, 0.1) is 0 Å². The van der Waals surface area contributed by atoms with Gasteiger partial charge in [-0.05, 0) is 19.8 Å². The Morgan fingerprint density at radius 1 is 1.57 bits per heavy atom. The molecule has 1 heterocycles. The molecule has 0 bridgehead atoms. The fraction of sp³-hybridized carbons (Fsp3) is 0.833. The Bertz CT molecular complexity index is 168. The highest BCUT2D eigenvalue weighted by atomic mass is 15.2. The first-order valence-corrected chi connectivity index (χ1v) is 5.86. The van der Waals surface area contributed by atoms with Gasteiger partial charge >= 0.3 is 0 Å². The molecule has 0 saturated carbocycles. The summed E-state index contributed by atoms with van der Waals surface area (Å²) in [5.74, 6) is 0. The first-order chi connectivity index (χ1) is 6.77. The molecule has 1 rings (SSSR count). The van der Waals surface area contributed by atoms with E-state index >= 15 is 0 Å². The van der Waals surface area contributed by atoms with E-state index in [2.05, 4.69) is 30.6 Å². The molecule has 0 aromatic heterocycles. The zero-order chi connectivity index (χ0) is 10.4. The highest BCUT2D eigenvalue weighted by Gasteiger charge is 2.23. The highest BCUT2D eigenvalue weighted by Crippen LogP contribution is 2.10. The number of nitrogens with one attached hydrogen (secondary N) is 1. The molecule has 0 amide bonds. The Hall–Kier alpha value is -0.340. The minimum Gasteiger partial charge on any atom is -0.311 e. The van der Waals surface area contributed by atoms with Gasteiger partial charge in [-0.1, -0.05) is 19.4 Å². The summed E-state index contributed by atoms with van der Waals surface area (Å²) < 4.78 is 0. The van der Waals surface area contributed by atoms with Crippen molar-refractivity contribution in [2.45, 2.75) is 45.2 Å². The smallest absolute Gasteiger partial charge is 0.0195 e. The summed E-state index contributed by atoms with van der Waals surface area (Å²) >= 11 is 0. The lowest BCUT2D eigenvalue weighted by molar-refractivity contribution is 0.139. The number of piperazine rings is 1. The summed E-state index contributed by atoms with van der Waals surface area (Å²) in [6, 6.07) is 1.39. The minimum atomic E-state index is 0.683. The second kappa shape index (κ2) is 6.20. The van der Waals surface area contributed by atoms with E-state index in [0.29, 0.717) is 12.1 Å². The molecule has 2 unspecified atom stereocenters. The van der Waals surface area contributed by atoms with Crippen LogP contribution in [0.4, 0.5) is 0 Å². The van der Waals surface area contributed by atoms with Crippen LogP contribution in [0.1, 0.15) is 33.1 Å². The van der Waals surface area contributed by atoms with Crippen LogP contribution in [0.25, 0.3) is 0 Å². The molecule has 2 nitrogen and oxygen atoms in total. The first-order valence-electron chi connectivity index (χ1n) is 5.86. The lowest BCUT2D eigenvalue weighted by Crippen LogP contribution is -2.55. The number of nitrogens with zero attached hydrogens (tertiary/aromatic N) is 1. The Balaban J connectivity index is 2.34. The van der Waals surface area contributed by atoms with Gasteiger partial charge in [0.25, 0.3) is 0 Å². The highest BCUT2D eigenvalue weighted by molar-refractivity contribution is 4.84. The molecule has 2 atom stereocenters. The van der Waals surface area contributed by atoms with Crippen LogP contribution in [-0.4, -0.2) is 36.6 Å². The van der Waals surface area contributed by atoms with Crippen molar-refractivity contribution in [1.29, 1.82) is 0 Å². The minimum absolute atomic E-state index is 0.683. The molecule has 0 aromatic carbocycles. The maximum atomic E-state index is 3.78. The van der Waals surface area contributed by atoms with E-state index in [4.69, 9.17) is 0 Å². The van der Waals surface area contributed by atoms with Crippen molar-refractivity contribution in [2.75, 3.05) is 19.6 Å². The third kappa shape index (κ3) is 3.43. The van der Waals surface area contributed by atoms with Gasteiger partial charge in [-0.25, -0.2) is 0 Å². The largest absolute Gasteiger partial charge is 0.311 e. The lowest BCUT2D eigenvalue weighted by atomic mass is 10.1. The van der Waals surface area contributed by atoms with Crippen LogP contribution < -0.4 is 5.32 Å². The lowest BCUT2D eigenvalue weighted by Gasteiger charge is -2.38. The van der Waals surface area contributed by atoms with Gasteiger partial charge in [-0.2, -0.15) is 0 Å². The zero-order valence-electron chi connectivity index (χ0n) is 9.63. The first kappa shape index (κ1) is 11.7. The van der Waals surface area contributed by atoms with E-state index in [1.54, 1.807) is 0 Å². The maximum Gasteiger partial charge on any atom is 0.0195 e. The Labute approximate surface area is 88.4 Å². The van der Waals surface area contributed by atoms with Crippen molar-refractivity contribution < 1.29 is 0 Å². The normalized spacial score (nSPS) is 29.0. The van der Waals surface area contributed by atoms with Crippen LogP contribution in [0.15, 0.2) is 12.7 Å². The quantitative estimate of drug-likeness (QED) is 0.677. The Kier molecular flexibility index (Phi) is 5.20. The van der Waals surface area contributed by atoms with Crippen molar-refractivity contribution in [3.63, 3.8) is 0 Å². The van der Waals surface area contributed by atoms with Gasteiger partial charge in [0.2, 0.25) is 0 Å². The fourth-order valence-electron chi connectivity index (χ4n) is 2.10. The zero-order valence-corrected chi connectivity index (χ0v) is 9.63. The van der Waals surface area contributed by atoms with Gasteiger partial charge in [0.05, 0.1) is 0 Å². The molecule has 14 heavy (non-hydrogen) atoms. The van der Waals surface area contributed by atoms with Gasteiger partial charge in [0.15, 0.2) is 0 Å². The van der Waals surface area contributed by atoms with E-state index < -0.39 is 0 Å². The molecule has 0 aliphatic carbocycles. The van der Waals surface area contributed by atoms with Gasteiger partial charge < -0.3 is 5.32 Å². The van der Waals surface area contributed by atoms with E-state index in [1.807, 2.05) is 6.08 Å².